The molecule has 2 aromatic carbocycles. The number of methoxy groups -OCH3 is 1. The second-order valence-corrected chi connectivity index (χ2v) is 8.00. The minimum Gasteiger partial charge on any atom is -0.497 e. The lowest BCUT2D eigenvalue weighted by atomic mass is 9.89. The molecule has 2 aromatic rings. The van der Waals surface area contributed by atoms with Crippen LogP contribution in [0, 0.1) is 0 Å². The fourth-order valence-electron chi connectivity index (χ4n) is 3.71. The number of rotatable bonds is 9. The van der Waals surface area contributed by atoms with Gasteiger partial charge in [-0.3, -0.25) is 0 Å². The average Bonchev–Trinajstić information content (AvgIpc) is 3.41. The molecule has 0 spiro atoms. The molecule has 0 fully saturated rings. The van der Waals surface area contributed by atoms with Crippen LogP contribution in [0.5, 0.6) is 11.5 Å². The Morgan fingerprint density at radius 1 is 1.12 bits per heavy atom. The first-order chi connectivity index (χ1) is 15.9. The largest absolute Gasteiger partial charge is 0.497 e. The van der Waals surface area contributed by atoms with Gasteiger partial charge in [0.25, 0.3) is 5.79 Å². The molecule has 8 heteroatoms. The Labute approximate surface area is 192 Å². The predicted octanol–water partition coefficient (Wildman–Crippen LogP) is 2.72. The fourth-order valence-corrected chi connectivity index (χ4v) is 3.71. The number of ether oxygens (including phenoxy) is 5. The molecular formula is C25H27NO7. The molecule has 1 N–H and O–H groups in total. The SMILES string of the molecule is COc1ccc(C2(O)OC(=O)C(C3=COCO3)=C2Cc2cccc(OCCN(C)C)c2)cc1. The van der Waals surface area contributed by atoms with Crippen molar-refractivity contribution in [3.8, 4) is 11.5 Å². The smallest absolute Gasteiger partial charge is 0.345 e. The molecule has 0 bridgehead atoms. The van der Waals surface area contributed by atoms with Gasteiger partial charge in [-0.15, -0.1) is 0 Å². The Morgan fingerprint density at radius 3 is 2.58 bits per heavy atom. The van der Waals surface area contributed by atoms with E-state index in [1.807, 2.05) is 43.3 Å². The molecule has 0 amide bonds. The Morgan fingerprint density at radius 2 is 1.91 bits per heavy atom. The topological polar surface area (TPSA) is 86.7 Å². The van der Waals surface area contributed by atoms with Gasteiger partial charge in [-0.05, 0) is 56.1 Å². The van der Waals surface area contributed by atoms with E-state index in [0.29, 0.717) is 29.2 Å². The monoisotopic (exact) mass is 453 g/mol. The maximum absolute atomic E-state index is 12.9. The zero-order valence-electron chi connectivity index (χ0n) is 18.9. The van der Waals surface area contributed by atoms with E-state index in [0.717, 1.165) is 12.1 Å². The van der Waals surface area contributed by atoms with Crippen LogP contribution in [-0.2, 0) is 31.2 Å². The van der Waals surface area contributed by atoms with Gasteiger partial charge in [0.2, 0.25) is 6.79 Å². The Bertz CT molecular complexity index is 1070. The lowest BCUT2D eigenvalue weighted by molar-refractivity contribution is -0.186. The van der Waals surface area contributed by atoms with Crippen molar-refractivity contribution in [3.63, 3.8) is 0 Å². The van der Waals surface area contributed by atoms with Crippen molar-refractivity contribution in [2.24, 2.45) is 0 Å². The van der Waals surface area contributed by atoms with Gasteiger partial charge in [-0.25, -0.2) is 4.79 Å². The first kappa shape index (κ1) is 22.7. The summed E-state index contributed by atoms with van der Waals surface area (Å²) < 4.78 is 27.2. The van der Waals surface area contributed by atoms with Crippen LogP contribution in [0.25, 0.3) is 0 Å². The van der Waals surface area contributed by atoms with Crippen molar-refractivity contribution in [1.82, 2.24) is 4.90 Å². The van der Waals surface area contributed by atoms with Crippen LogP contribution in [0.3, 0.4) is 0 Å². The Balaban J connectivity index is 1.69. The Kier molecular flexibility index (Phi) is 6.57. The lowest BCUT2D eigenvalue weighted by Gasteiger charge is -2.26. The number of hydrogen-bond acceptors (Lipinski definition) is 8. The third-order valence-corrected chi connectivity index (χ3v) is 5.44. The van der Waals surface area contributed by atoms with Crippen molar-refractivity contribution in [1.29, 1.82) is 0 Å². The van der Waals surface area contributed by atoms with E-state index in [2.05, 4.69) is 0 Å². The van der Waals surface area contributed by atoms with Crippen molar-refractivity contribution in [2.75, 3.05) is 41.1 Å². The van der Waals surface area contributed by atoms with E-state index in [1.165, 1.54) is 6.26 Å². The number of aliphatic hydroxyl groups is 1. The normalized spacial score (nSPS) is 19.8. The van der Waals surface area contributed by atoms with Crippen LogP contribution in [-0.4, -0.2) is 57.1 Å². The molecule has 2 aliphatic rings. The van der Waals surface area contributed by atoms with Gasteiger partial charge in [0.1, 0.15) is 29.9 Å². The molecule has 0 aliphatic carbocycles. The van der Waals surface area contributed by atoms with Gasteiger partial charge in [-0.1, -0.05) is 12.1 Å². The summed E-state index contributed by atoms with van der Waals surface area (Å²) in [6, 6.07) is 14.3. The molecule has 2 aliphatic heterocycles. The number of carbonyl (C=O) groups is 1. The van der Waals surface area contributed by atoms with Crippen molar-refractivity contribution in [2.45, 2.75) is 12.2 Å². The summed E-state index contributed by atoms with van der Waals surface area (Å²) in [5.74, 6) is -1.09. The zero-order chi connectivity index (χ0) is 23.4. The van der Waals surface area contributed by atoms with E-state index in [1.54, 1.807) is 31.4 Å². The van der Waals surface area contributed by atoms with E-state index in [-0.39, 0.29) is 24.5 Å². The van der Waals surface area contributed by atoms with Crippen LogP contribution in [0.4, 0.5) is 0 Å². The van der Waals surface area contributed by atoms with Crippen molar-refractivity contribution >= 4 is 5.97 Å². The Hall–Kier alpha value is -3.49. The van der Waals surface area contributed by atoms with Crippen LogP contribution in [0.2, 0.25) is 0 Å². The highest BCUT2D eigenvalue weighted by Crippen LogP contribution is 2.44. The van der Waals surface area contributed by atoms with Crippen LogP contribution in [0.1, 0.15) is 11.1 Å². The highest BCUT2D eigenvalue weighted by molar-refractivity contribution is 5.97. The predicted molar refractivity (Wildman–Crippen MR) is 119 cm³/mol. The fraction of sp³-hybridized carbons (Fsp3) is 0.320. The van der Waals surface area contributed by atoms with Gasteiger partial charge in [0, 0.05) is 24.1 Å². The van der Waals surface area contributed by atoms with Crippen LogP contribution < -0.4 is 9.47 Å². The number of nitrogens with zero attached hydrogens (tertiary/aromatic N) is 1. The summed E-state index contributed by atoms with van der Waals surface area (Å²) in [6.45, 7) is 1.32. The van der Waals surface area contributed by atoms with Crippen molar-refractivity contribution in [3.05, 3.63) is 82.8 Å². The van der Waals surface area contributed by atoms with Gasteiger partial charge in [0.15, 0.2) is 5.76 Å². The molecule has 33 heavy (non-hydrogen) atoms. The maximum atomic E-state index is 12.9. The molecule has 0 aromatic heterocycles. The number of esters is 1. The molecular weight excluding hydrogens is 426 g/mol. The second kappa shape index (κ2) is 9.56. The number of carbonyl (C=O) groups excluding carboxylic acids is 1. The van der Waals surface area contributed by atoms with Crippen LogP contribution >= 0.6 is 0 Å². The van der Waals surface area contributed by atoms with Gasteiger partial charge in [-0.2, -0.15) is 0 Å². The minimum absolute atomic E-state index is 0.00441. The molecule has 1 unspecified atom stereocenters. The molecule has 0 saturated carbocycles. The molecule has 1 atom stereocenters. The molecule has 0 saturated heterocycles. The van der Waals surface area contributed by atoms with E-state index < -0.39 is 11.8 Å². The van der Waals surface area contributed by atoms with E-state index in [4.69, 9.17) is 23.7 Å². The maximum Gasteiger partial charge on any atom is 0.345 e. The first-order valence-electron chi connectivity index (χ1n) is 10.6. The van der Waals surface area contributed by atoms with Crippen molar-refractivity contribution < 1.29 is 33.6 Å². The summed E-state index contributed by atoms with van der Waals surface area (Å²) in [7, 11) is 5.52. The number of benzene rings is 2. The quantitative estimate of drug-likeness (QED) is 0.580. The van der Waals surface area contributed by atoms with Gasteiger partial charge < -0.3 is 33.7 Å². The average molecular weight is 453 g/mol. The first-order valence-corrected chi connectivity index (χ1v) is 10.6. The number of likely N-dealkylation sites (N-methyl/N-ethyl adjacent to an activating group) is 1. The van der Waals surface area contributed by atoms with Gasteiger partial charge >= 0.3 is 5.97 Å². The highest BCUT2D eigenvalue weighted by atomic mass is 16.7. The minimum atomic E-state index is -1.97. The van der Waals surface area contributed by atoms with E-state index >= 15 is 0 Å². The number of cyclic esters (lactones) is 1. The molecule has 4 rings (SSSR count). The molecule has 2 heterocycles. The van der Waals surface area contributed by atoms with E-state index in [9.17, 15) is 9.90 Å². The van der Waals surface area contributed by atoms with Crippen LogP contribution in [0.15, 0.2) is 71.7 Å². The summed E-state index contributed by atoms with van der Waals surface area (Å²) in [5.41, 5.74) is 1.76. The molecule has 0 radical (unpaired) electrons. The standard InChI is InChI=1S/C25H27NO7/c1-26(2)11-12-31-20-6-4-5-17(13-20)14-21-23(22-15-30-16-32-22)24(27)33-25(21,28)18-7-9-19(29-3)10-8-18/h4-10,13,15,28H,11-12,14,16H2,1-3H3. The number of hydrogen-bond donors (Lipinski definition) is 1. The summed E-state index contributed by atoms with van der Waals surface area (Å²) in [4.78, 5) is 14.9. The summed E-state index contributed by atoms with van der Waals surface area (Å²) in [6.07, 6.45) is 1.59. The third-order valence-electron chi connectivity index (χ3n) is 5.44. The van der Waals surface area contributed by atoms with Gasteiger partial charge in [0.05, 0.1) is 7.11 Å². The highest BCUT2D eigenvalue weighted by Gasteiger charge is 2.49. The molecule has 8 nitrogen and oxygen atoms in total. The summed E-state index contributed by atoms with van der Waals surface area (Å²) in [5, 5.41) is 11.6. The zero-order valence-corrected chi connectivity index (χ0v) is 18.9. The molecule has 174 valence electrons. The summed E-state index contributed by atoms with van der Waals surface area (Å²) >= 11 is 0. The lowest BCUT2D eigenvalue weighted by Crippen LogP contribution is -2.29. The third kappa shape index (κ3) is 4.81. The second-order valence-electron chi connectivity index (χ2n) is 8.00.